The van der Waals surface area contributed by atoms with Crippen LogP contribution in [0.3, 0.4) is 0 Å². The molecule has 2 aromatic heterocycles. The van der Waals surface area contributed by atoms with E-state index in [2.05, 4.69) is 21.9 Å². The number of amides is 1. The first-order valence-electron chi connectivity index (χ1n) is 5.57. The number of carbonyl (C=O) groups is 2. The summed E-state index contributed by atoms with van der Waals surface area (Å²) < 4.78 is 5.16. The third-order valence-electron chi connectivity index (χ3n) is 2.26. The number of ether oxygens (including phenoxy) is 1. The summed E-state index contributed by atoms with van der Waals surface area (Å²) in [5.74, 6) is -1.06. The summed E-state index contributed by atoms with van der Waals surface area (Å²) in [5.41, 5.74) is 0.935. The molecule has 0 spiro atoms. The first-order chi connectivity index (χ1) is 9.51. The quantitative estimate of drug-likeness (QED) is 0.839. The highest BCUT2D eigenvalue weighted by atomic mass is 32.1. The molecule has 0 unspecified atom stereocenters. The van der Waals surface area contributed by atoms with Crippen LogP contribution in [-0.4, -0.2) is 33.7 Å². The van der Waals surface area contributed by atoms with E-state index in [1.165, 1.54) is 12.1 Å². The largest absolute Gasteiger partial charge is 0.478 e. The van der Waals surface area contributed by atoms with E-state index in [0.29, 0.717) is 10.4 Å². The van der Waals surface area contributed by atoms with Crippen molar-refractivity contribution < 1.29 is 19.4 Å². The minimum absolute atomic E-state index is 0.0778. The van der Waals surface area contributed by atoms with Crippen LogP contribution in [0.2, 0.25) is 0 Å². The first kappa shape index (κ1) is 13.9. The summed E-state index contributed by atoms with van der Waals surface area (Å²) in [7, 11) is 0. The molecule has 0 saturated heterocycles. The molecule has 0 aromatic carbocycles. The molecule has 104 valence electrons. The minimum atomic E-state index is -1.06. The number of aromatic carboxylic acids is 1. The van der Waals surface area contributed by atoms with E-state index in [0.717, 1.165) is 11.3 Å². The highest BCUT2D eigenvalue weighted by Gasteiger charge is 2.16. The van der Waals surface area contributed by atoms with Gasteiger partial charge in [0.15, 0.2) is 10.8 Å². The number of thiazole rings is 1. The normalized spacial score (nSPS) is 10.2. The van der Waals surface area contributed by atoms with Gasteiger partial charge in [0.2, 0.25) is 0 Å². The van der Waals surface area contributed by atoms with Gasteiger partial charge in [-0.1, -0.05) is 24.0 Å². The number of rotatable bonds is 4. The van der Waals surface area contributed by atoms with Crippen LogP contribution in [0.15, 0.2) is 18.7 Å². The summed E-state index contributed by atoms with van der Waals surface area (Å²) >= 11 is 1.03. The fourth-order valence-corrected chi connectivity index (χ4v) is 2.41. The lowest BCUT2D eigenvalue weighted by atomic mass is 10.2. The van der Waals surface area contributed by atoms with Crippen LogP contribution in [0.25, 0.3) is 10.3 Å². The highest BCUT2D eigenvalue weighted by Crippen LogP contribution is 2.28. The molecule has 1 amide bonds. The second-order valence-electron chi connectivity index (χ2n) is 3.80. The van der Waals surface area contributed by atoms with Crippen LogP contribution in [0.5, 0.6) is 0 Å². The molecule has 2 aromatic rings. The first-order valence-corrected chi connectivity index (χ1v) is 6.39. The van der Waals surface area contributed by atoms with Crippen molar-refractivity contribution >= 4 is 38.9 Å². The third-order valence-corrected chi connectivity index (χ3v) is 3.25. The molecular formula is C12H11N3O4S. The Morgan fingerprint density at radius 2 is 2.30 bits per heavy atom. The van der Waals surface area contributed by atoms with Gasteiger partial charge >= 0.3 is 12.1 Å². The lowest BCUT2D eigenvalue weighted by molar-refractivity contribution is 0.0699. The van der Waals surface area contributed by atoms with E-state index < -0.39 is 12.1 Å². The summed E-state index contributed by atoms with van der Waals surface area (Å²) in [6.45, 7) is 5.18. The van der Waals surface area contributed by atoms with Crippen molar-refractivity contribution in [1.82, 2.24) is 9.97 Å². The van der Waals surface area contributed by atoms with E-state index in [9.17, 15) is 9.59 Å². The number of carboxylic acid groups (broad SMARTS) is 1. The van der Waals surface area contributed by atoms with Gasteiger partial charge in [0, 0.05) is 5.69 Å². The number of hydrogen-bond donors (Lipinski definition) is 2. The van der Waals surface area contributed by atoms with Crippen molar-refractivity contribution in [2.75, 3.05) is 11.9 Å². The van der Waals surface area contributed by atoms with E-state index in [1.54, 1.807) is 6.92 Å². The van der Waals surface area contributed by atoms with Crippen LogP contribution < -0.4 is 5.32 Å². The van der Waals surface area contributed by atoms with Crippen molar-refractivity contribution in [2.24, 2.45) is 0 Å². The number of aryl methyl sites for hydroxylation is 1. The number of fused-ring (bicyclic) bond motifs is 1. The lowest BCUT2D eigenvalue weighted by Gasteiger charge is -2.00. The molecule has 0 radical (unpaired) electrons. The zero-order chi connectivity index (χ0) is 14.7. The zero-order valence-corrected chi connectivity index (χ0v) is 11.4. The van der Waals surface area contributed by atoms with Crippen molar-refractivity contribution in [1.29, 1.82) is 0 Å². The number of nitrogens with zero attached hydrogens (tertiary/aromatic N) is 2. The van der Waals surface area contributed by atoms with Crippen LogP contribution in [-0.2, 0) is 4.74 Å². The maximum atomic E-state index is 11.4. The van der Waals surface area contributed by atoms with Crippen molar-refractivity contribution in [2.45, 2.75) is 6.92 Å². The molecule has 0 aliphatic carbocycles. The van der Waals surface area contributed by atoms with Crippen molar-refractivity contribution in [3.05, 3.63) is 30.0 Å². The fourth-order valence-electron chi connectivity index (χ4n) is 1.51. The lowest BCUT2D eigenvalue weighted by Crippen LogP contribution is -2.13. The third kappa shape index (κ3) is 2.91. The topological polar surface area (TPSA) is 101 Å². The zero-order valence-electron chi connectivity index (χ0n) is 10.5. The molecule has 2 N–H and O–H groups in total. The predicted molar refractivity (Wildman–Crippen MR) is 74.3 cm³/mol. The van der Waals surface area contributed by atoms with Gasteiger partial charge in [-0.3, -0.25) is 5.32 Å². The molecule has 8 heteroatoms. The molecule has 0 fully saturated rings. The number of pyridine rings is 1. The number of carboxylic acids is 1. The average molecular weight is 293 g/mol. The van der Waals surface area contributed by atoms with Gasteiger partial charge in [0.1, 0.15) is 6.61 Å². The second-order valence-corrected chi connectivity index (χ2v) is 4.80. The molecular weight excluding hydrogens is 282 g/mol. The second kappa shape index (κ2) is 5.66. The molecule has 0 saturated carbocycles. The Morgan fingerprint density at radius 3 is 2.95 bits per heavy atom. The van der Waals surface area contributed by atoms with Crippen LogP contribution in [0, 0.1) is 6.92 Å². The molecule has 2 heterocycles. The molecule has 0 aliphatic rings. The van der Waals surface area contributed by atoms with E-state index in [4.69, 9.17) is 9.84 Å². The summed E-state index contributed by atoms with van der Waals surface area (Å²) in [6, 6.07) is 1.46. The Morgan fingerprint density at radius 1 is 1.55 bits per heavy atom. The van der Waals surface area contributed by atoms with Gasteiger partial charge in [-0.2, -0.15) is 4.98 Å². The van der Waals surface area contributed by atoms with Crippen LogP contribution in [0.4, 0.5) is 9.93 Å². The molecule has 20 heavy (non-hydrogen) atoms. The monoisotopic (exact) mass is 293 g/mol. The Hall–Kier alpha value is -2.48. The maximum absolute atomic E-state index is 11.4. The highest BCUT2D eigenvalue weighted by molar-refractivity contribution is 7.22. The Labute approximate surface area is 117 Å². The van der Waals surface area contributed by atoms with E-state index in [1.807, 2.05) is 0 Å². The number of anilines is 1. The maximum Gasteiger partial charge on any atom is 0.413 e. The molecule has 2 rings (SSSR count). The predicted octanol–water partition coefficient (Wildman–Crippen LogP) is 2.43. The smallest absolute Gasteiger partial charge is 0.413 e. The van der Waals surface area contributed by atoms with Crippen LogP contribution >= 0.6 is 11.3 Å². The summed E-state index contributed by atoms with van der Waals surface area (Å²) in [4.78, 5) is 30.8. The number of nitrogens with one attached hydrogen (secondary N) is 1. The summed E-state index contributed by atoms with van der Waals surface area (Å²) in [5, 5.41) is 11.8. The van der Waals surface area contributed by atoms with Crippen molar-refractivity contribution in [3.63, 3.8) is 0 Å². The molecule has 0 aliphatic heterocycles. The molecule has 0 bridgehead atoms. The molecule has 0 atom stereocenters. The van der Waals surface area contributed by atoms with Crippen molar-refractivity contribution in [3.8, 4) is 0 Å². The van der Waals surface area contributed by atoms with E-state index >= 15 is 0 Å². The van der Waals surface area contributed by atoms with Gasteiger partial charge in [0.25, 0.3) is 0 Å². The molecule has 7 nitrogen and oxygen atoms in total. The number of aromatic nitrogens is 2. The Kier molecular flexibility index (Phi) is 3.94. The summed E-state index contributed by atoms with van der Waals surface area (Å²) in [6.07, 6.45) is 0.753. The Bertz CT molecular complexity index is 695. The Balaban J connectivity index is 2.33. The number of carbonyl (C=O) groups excluding carboxylic acids is 1. The minimum Gasteiger partial charge on any atom is -0.478 e. The van der Waals surface area contributed by atoms with E-state index in [-0.39, 0.29) is 22.9 Å². The van der Waals surface area contributed by atoms with Gasteiger partial charge < -0.3 is 9.84 Å². The number of hydrogen-bond acceptors (Lipinski definition) is 6. The van der Waals surface area contributed by atoms with Gasteiger partial charge in [0.05, 0.1) is 10.3 Å². The standard InChI is InChI=1S/C12H11N3O4S/c1-3-4-19-12(18)15-11-14-9-8(20-11)7(10(16)17)5-6(2)13-9/h3,5H,1,4H2,2H3,(H,16,17)(H,13,14,15,18). The van der Waals surface area contributed by atoms with Gasteiger partial charge in [-0.25, -0.2) is 14.6 Å². The van der Waals surface area contributed by atoms with Crippen LogP contribution in [0.1, 0.15) is 16.1 Å². The van der Waals surface area contributed by atoms with Gasteiger partial charge in [-0.15, -0.1) is 0 Å². The van der Waals surface area contributed by atoms with Gasteiger partial charge in [-0.05, 0) is 13.0 Å². The SMILES string of the molecule is C=CCOC(=O)Nc1nc2nc(C)cc(C(=O)O)c2s1. The fraction of sp³-hybridized carbons (Fsp3) is 0.167. The average Bonchev–Trinajstić information content (AvgIpc) is 2.76.